The van der Waals surface area contributed by atoms with E-state index in [1.165, 1.54) is 0 Å². The van der Waals surface area contributed by atoms with Gasteiger partial charge < -0.3 is 31.3 Å². The Morgan fingerprint density at radius 1 is 1.24 bits per heavy atom. The average Bonchev–Trinajstić information content (AvgIpc) is 2.51. The van der Waals surface area contributed by atoms with E-state index in [9.17, 15) is 15.0 Å². The second-order valence-electron chi connectivity index (χ2n) is 6.98. The standard InChI is InChI=1S/C17H27BN2O5/c19-17(16(22)23,7-1-2-8-18(24)25)13-9-14(10-13)20-11-12-3-5-15(21)6-4-12/h3-6,13-14,20-21,24-25H,1-2,7-11,19H2,(H,22,23)/t13?,14?,17-/m0/s1. The van der Waals surface area contributed by atoms with Crippen LogP contribution in [0.15, 0.2) is 24.3 Å². The highest BCUT2D eigenvalue weighted by Gasteiger charge is 2.47. The van der Waals surface area contributed by atoms with Crippen molar-refractivity contribution >= 4 is 13.1 Å². The number of phenols is 1. The third kappa shape index (κ3) is 5.44. The SMILES string of the molecule is N[C@](CCCCB(O)O)(C(=O)O)C1CC(NCc2ccc(O)cc2)C1. The number of rotatable bonds is 10. The molecule has 8 heteroatoms. The zero-order valence-corrected chi connectivity index (χ0v) is 14.3. The Hall–Kier alpha value is -1.61. The van der Waals surface area contributed by atoms with E-state index in [1.807, 2.05) is 12.1 Å². The van der Waals surface area contributed by atoms with E-state index in [-0.39, 0.29) is 24.0 Å². The van der Waals surface area contributed by atoms with Gasteiger partial charge in [-0.2, -0.15) is 0 Å². The molecule has 1 aromatic carbocycles. The molecule has 0 aromatic heterocycles. The van der Waals surface area contributed by atoms with Crippen molar-refractivity contribution in [1.82, 2.24) is 5.32 Å². The lowest BCUT2D eigenvalue weighted by Crippen LogP contribution is -2.61. The Morgan fingerprint density at radius 2 is 1.88 bits per heavy atom. The molecule has 1 aromatic rings. The van der Waals surface area contributed by atoms with E-state index in [2.05, 4.69) is 5.32 Å². The maximum atomic E-state index is 11.6. The van der Waals surface area contributed by atoms with Gasteiger partial charge in [0.1, 0.15) is 11.3 Å². The Morgan fingerprint density at radius 3 is 2.44 bits per heavy atom. The minimum absolute atomic E-state index is 0.0821. The summed E-state index contributed by atoms with van der Waals surface area (Å²) in [4.78, 5) is 11.6. The van der Waals surface area contributed by atoms with E-state index in [0.717, 1.165) is 5.56 Å². The number of carbonyl (C=O) groups is 1. The lowest BCUT2D eigenvalue weighted by atomic mass is 9.66. The zero-order chi connectivity index (χ0) is 18.4. The summed E-state index contributed by atoms with van der Waals surface area (Å²) in [6.45, 7) is 0.663. The Bertz CT molecular complexity index is 563. The van der Waals surface area contributed by atoms with Gasteiger partial charge in [-0.15, -0.1) is 0 Å². The minimum Gasteiger partial charge on any atom is -0.508 e. The van der Waals surface area contributed by atoms with Crippen LogP contribution in [0.3, 0.4) is 0 Å². The Labute approximate surface area is 148 Å². The fraction of sp³-hybridized carbons (Fsp3) is 0.588. The molecule has 2 rings (SSSR count). The van der Waals surface area contributed by atoms with Crippen LogP contribution in [0.4, 0.5) is 0 Å². The van der Waals surface area contributed by atoms with E-state index in [1.54, 1.807) is 12.1 Å². The van der Waals surface area contributed by atoms with Gasteiger partial charge in [0.2, 0.25) is 0 Å². The van der Waals surface area contributed by atoms with Gasteiger partial charge in [-0.3, -0.25) is 4.79 Å². The Balaban J connectivity index is 1.76. The predicted octanol–water partition coefficient (Wildman–Crippen LogP) is 0.686. The van der Waals surface area contributed by atoms with Gasteiger partial charge in [0, 0.05) is 12.6 Å². The van der Waals surface area contributed by atoms with Crippen LogP contribution in [-0.2, 0) is 11.3 Å². The molecule has 138 valence electrons. The molecule has 1 saturated carbocycles. The summed E-state index contributed by atoms with van der Waals surface area (Å²) in [6.07, 6.45) is 3.09. The van der Waals surface area contributed by atoms with Crippen molar-refractivity contribution in [3.05, 3.63) is 29.8 Å². The molecule has 25 heavy (non-hydrogen) atoms. The van der Waals surface area contributed by atoms with Crippen LogP contribution >= 0.6 is 0 Å². The molecule has 7 nitrogen and oxygen atoms in total. The van der Waals surface area contributed by atoms with Gasteiger partial charge >= 0.3 is 13.1 Å². The lowest BCUT2D eigenvalue weighted by Gasteiger charge is -2.45. The largest absolute Gasteiger partial charge is 0.508 e. The fourth-order valence-corrected chi connectivity index (χ4v) is 3.31. The summed E-state index contributed by atoms with van der Waals surface area (Å²) < 4.78 is 0. The molecule has 0 saturated heterocycles. The van der Waals surface area contributed by atoms with Crippen LogP contribution in [0, 0.1) is 5.92 Å². The van der Waals surface area contributed by atoms with Crippen LogP contribution in [0.5, 0.6) is 5.75 Å². The molecule has 1 aliphatic carbocycles. The zero-order valence-electron chi connectivity index (χ0n) is 14.3. The monoisotopic (exact) mass is 350 g/mol. The maximum absolute atomic E-state index is 11.6. The number of nitrogens with two attached hydrogens (primary N) is 1. The summed E-state index contributed by atoms with van der Waals surface area (Å²) in [5, 5.41) is 39.9. The minimum atomic E-state index is -1.35. The van der Waals surface area contributed by atoms with Crippen LogP contribution in [0.2, 0.25) is 6.32 Å². The molecule has 0 heterocycles. The van der Waals surface area contributed by atoms with Gasteiger partial charge in [0.15, 0.2) is 0 Å². The van der Waals surface area contributed by atoms with Crippen molar-refractivity contribution in [2.45, 2.75) is 56.5 Å². The second kappa shape index (κ2) is 8.67. The van der Waals surface area contributed by atoms with Crippen molar-refractivity contribution in [2.75, 3.05) is 0 Å². The maximum Gasteiger partial charge on any atom is 0.451 e. The number of carboxylic acid groups (broad SMARTS) is 1. The molecule has 0 radical (unpaired) electrons. The number of benzene rings is 1. The lowest BCUT2D eigenvalue weighted by molar-refractivity contribution is -0.148. The van der Waals surface area contributed by atoms with Crippen LogP contribution in [0.1, 0.15) is 37.7 Å². The molecule has 0 unspecified atom stereocenters. The van der Waals surface area contributed by atoms with Crippen LogP contribution in [0.25, 0.3) is 0 Å². The number of carboxylic acids is 1. The Kier molecular flexibility index (Phi) is 6.83. The van der Waals surface area contributed by atoms with Gasteiger partial charge in [-0.1, -0.05) is 25.0 Å². The molecule has 7 N–H and O–H groups in total. The number of aliphatic carboxylic acids is 1. The van der Waals surface area contributed by atoms with E-state index < -0.39 is 18.6 Å². The van der Waals surface area contributed by atoms with E-state index >= 15 is 0 Å². The summed E-state index contributed by atoms with van der Waals surface area (Å²) in [7, 11) is -1.35. The molecule has 0 amide bonds. The first kappa shape index (κ1) is 19.7. The average molecular weight is 350 g/mol. The first-order valence-corrected chi connectivity index (χ1v) is 8.71. The molecule has 0 bridgehead atoms. The number of hydrogen-bond donors (Lipinski definition) is 6. The molecule has 1 atom stereocenters. The molecule has 0 spiro atoms. The van der Waals surface area contributed by atoms with Gasteiger partial charge in [-0.05, 0) is 49.2 Å². The van der Waals surface area contributed by atoms with Crippen molar-refractivity contribution in [2.24, 2.45) is 11.7 Å². The van der Waals surface area contributed by atoms with Crippen molar-refractivity contribution in [3.63, 3.8) is 0 Å². The number of phenolic OH excluding ortho intramolecular Hbond substituents is 1. The van der Waals surface area contributed by atoms with E-state index in [0.29, 0.717) is 38.6 Å². The fourth-order valence-electron chi connectivity index (χ4n) is 3.31. The van der Waals surface area contributed by atoms with Crippen LogP contribution in [-0.4, -0.2) is 44.9 Å². The normalized spacial score (nSPS) is 22.0. The summed E-state index contributed by atoms with van der Waals surface area (Å²) in [6, 6.07) is 7.20. The van der Waals surface area contributed by atoms with Gasteiger partial charge in [-0.25, -0.2) is 0 Å². The first-order chi connectivity index (χ1) is 11.8. The molecular formula is C17H27BN2O5. The van der Waals surface area contributed by atoms with Gasteiger partial charge in [0.25, 0.3) is 0 Å². The smallest absolute Gasteiger partial charge is 0.451 e. The molecule has 1 aliphatic rings. The van der Waals surface area contributed by atoms with Crippen molar-refractivity contribution < 1.29 is 25.1 Å². The third-order valence-electron chi connectivity index (χ3n) is 5.10. The van der Waals surface area contributed by atoms with E-state index in [4.69, 9.17) is 15.8 Å². The number of aromatic hydroxyl groups is 1. The summed E-state index contributed by atoms with van der Waals surface area (Å²) in [5.74, 6) is -0.837. The van der Waals surface area contributed by atoms with Crippen molar-refractivity contribution in [1.29, 1.82) is 0 Å². The quantitative estimate of drug-likeness (QED) is 0.270. The topological polar surface area (TPSA) is 136 Å². The summed E-state index contributed by atoms with van der Waals surface area (Å²) >= 11 is 0. The number of hydrogen-bond acceptors (Lipinski definition) is 6. The third-order valence-corrected chi connectivity index (χ3v) is 5.10. The second-order valence-corrected chi connectivity index (χ2v) is 6.98. The molecule has 0 aliphatic heterocycles. The number of unbranched alkanes of at least 4 members (excludes halogenated alkanes) is 1. The highest BCUT2D eigenvalue weighted by molar-refractivity contribution is 6.40. The highest BCUT2D eigenvalue weighted by atomic mass is 16.4. The van der Waals surface area contributed by atoms with Crippen LogP contribution < -0.4 is 11.1 Å². The number of nitrogens with one attached hydrogen (secondary N) is 1. The first-order valence-electron chi connectivity index (χ1n) is 8.71. The van der Waals surface area contributed by atoms with Crippen molar-refractivity contribution in [3.8, 4) is 5.75 Å². The molecule has 1 fully saturated rings. The highest BCUT2D eigenvalue weighted by Crippen LogP contribution is 2.38. The van der Waals surface area contributed by atoms with Gasteiger partial charge in [0.05, 0.1) is 0 Å². The molecular weight excluding hydrogens is 323 g/mol. The summed E-state index contributed by atoms with van der Waals surface area (Å²) in [5.41, 5.74) is 5.97. The predicted molar refractivity (Wildman–Crippen MR) is 94.9 cm³/mol.